The largest absolute Gasteiger partial charge is 0.513 e. The van der Waals surface area contributed by atoms with E-state index in [0.717, 1.165) is 18.4 Å². The zero-order valence-corrected chi connectivity index (χ0v) is 11.1. The number of hydrogen-bond acceptors (Lipinski definition) is 3. The van der Waals surface area contributed by atoms with Crippen LogP contribution in [-0.4, -0.2) is 28.7 Å². The lowest BCUT2D eigenvalue weighted by Crippen LogP contribution is -2.34. The molecule has 1 fully saturated rings. The summed E-state index contributed by atoms with van der Waals surface area (Å²) in [6.45, 7) is 2.58. The maximum atomic E-state index is 12.0. The Hall–Kier alpha value is -1.97. The van der Waals surface area contributed by atoms with E-state index < -0.39 is 0 Å². The molecule has 0 radical (unpaired) electrons. The Bertz CT molecular complexity index is 452. The summed E-state index contributed by atoms with van der Waals surface area (Å²) in [5.74, 6) is 0.243. The highest BCUT2D eigenvalue weighted by atomic mass is 16.6. The molecule has 0 aliphatic carbocycles. The van der Waals surface area contributed by atoms with Gasteiger partial charge in [-0.1, -0.05) is 30.3 Å². The average molecular weight is 261 g/mol. The second kappa shape index (κ2) is 6.27. The van der Waals surface area contributed by atoms with Gasteiger partial charge in [0.2, 0.25) is 0 Å². The summed E-state index contributed by atoms with van der Waals surface area (Å²) in [6, 6.07) is 9.56. The van der Waals surface area contributed by atoms with Gasteiger partial charge in [0.1, 0.15) is 6.61 Å². The van der Waals surface area contributed by atoms with Crippen LogP contribution in [0.1, 0.15) is 25.3 Å². The summed E-state index contributed by atoms with van der Waals surface area (Å²) in [4.78, 5) is 13.7. The normalized spacial score (nSPS) is 19.5. The highest BCUT2D eigenvalue weighted by molar-refractivity contribution is 5.68. The molecule has 0 saturated carbocycles. The molecule has 4 nitrogen and oxygen atoms in total. The molecule has 1 N–H and O–H groups in total. The van der Waals surface area contributed by atoms with E-state index in [-0.39, 0.29) is 24.5 Å². The Labute approximate surface area is 113 Å². The number of likely N-dealkylation sites (tertiary alicyclic amines) is 1. The van der Waals surface area contributed by atoms with Crippen LogP contribution in [0.2, 0.25) is 0 Å². The molecule has 19 heavy (non-hydrogen) atoms. The predicted octanol–water partition coefficient (Wildman–Crippen LogP) is 3.25. The van der Waals surface area contributed by atoms with E-state index in [4.69, 9.17) is 4.74 Å². The lowest BCUT2D eigenvalue weighted by molar-refractivity contribution is 0.0971. The number of rotatable bonds is 3. The topological polar surface area (TPSA) is 49.8 Å². The fourth-order valence-electron chi connectivity index (χ4n) is 2.27. The lowest BCUT2D eigenvalue weighted by atomic mass is 10.2. The Morgan fingerprint density at radius 3 is 2.89 bits per heavy atom. The van der Waals surface area contributed by atoms with E-state index in [2.05, 4.69) is 0 Å². The minimum absolute atomic E-state index is 0.0479. The van der Waals surface area contributed by atoms with Crippen molar-refractivity contribution in [2.45, 2.75) is 32.4 Å². The summed E-state index contributed by atoms with van der Waals surface area (Å²) < 4.78 is 5.30. The molecule has 1 aromatic rings. The number of aliphatic hydroxyl groups is 1. The SMILES string of the molecule is C/C(O)=C\[C@H]1CCCN1C(=O)OCc1ccccc1. The van der Waals surface area contributed by atoms with Crippen LogP contribution in [0.15, 0.2) is 42.2 Å². The Balaban J connectivity index is 1.91. The number of hydrogen-bond donors (Lipinski definition) is 1. The summed E-state index contributed by atoms with van der Waals surface area (Å²) in [7, 11) is 0. The zero-order chi connectivity index (χ0) is 13.7. The molecule has 0 bridgehead atoms. The second-order valence-corrected chi connectivity index (χ2v) is 4.75. The summed E-state index contributed by atoms with van der Waals surface area (Å²) in [5.41, 5.74) is 0.973. The van der Waals surface area contributed by atoms with E-state index in [1.807, 2.05) is 30.3 Å². The Kier molecular flexibility index (Phi) is 4.44. The van der Waals surface area contributed by atoms with Gasteiger partial charge in [-0.2, -0.15) is 0 Å². The Morgan fingerprint density at radius 1 is 1.47 bits per heavy atom. The molecule has 1 atom stereocenters. The number of carbonyl (C=O) groups excluding carboxylic acids is 1. The van der Waals surface area contributed by atoms with Crippen molar-refractivity contribution in [2.75, 3.05) is 6.54 Å². The molecule has 1 aliphatic heterocycles. The minimum atomic E-state index is -0.316. The third kappa shape index (κ3) is 3.74. The highest BCUT2D eigenvalue weighted by Crippen LogP contribution is 2.20. The fraction of sp³-hybridized carbons (Fsp3) is 0.400. The van der Waals surface area contributed by atoms with E-state index in [1.165, 1.54) is 0 Å². The summed E-state index contributed by atoms with van der Waals surface area (Å²) in [5, 5.41) is 9.30. The molecular formula is C15H19NO3. The first kappa shape index (κ1) is 13.5. The van der Waals surface area contributed by atoms with Gasteiger partial charge in [0, 0.05) is 6.54 Å². The maximum Gasteiger partial charge on any atom is 0.410 e. The van der Waals surface area contributed by atoms with Crippen LogP contribution in [0.3, 0.4) is 0 Å². The van der Waals surface area contributed by atoms with E-state index in [1.54, 1.807) is 17.9 Å². The van der Waals surface area contributed by atoms with Crippen molar-refractivity contribution in [3.8, 4) is 0 Å². The number of allylic oxidation sites excluding steroid dienone is 1. The molecule has 0 unspecified atom stereocenters. The number of nitrogens with zero attached hydrogens (tertiary/aromatic N) is 1. The van der Waals surface area contributed by atoms with Crippen LogP contribution < -0.4 is 0 Å². The van der Waals surface area contributed by atoms with Crippen molar-refractivity contribution in [3.63, 3.8) is 0 Å². The maximum absolute atomic E-state index is 12.0. The molecule has 1 aliphatic rings. The number of ether oxygens (including phenoxy) is 1. The zero-order valence-electron chi connectivity index (χ0n) is 11.1. The van der Waals surface area contributed by atoms with Crippen LogP contribution in [-0.2, 0) is 11.3 Å². The highest BCUT2D eigenvalue weighted by Gasteiger charge is 2.28. The first-order chi connectivity index (χ1) is 9.16. The molecule has 102 valence electrons. The molecule has 2 rings (SSSR count). The molecule has 1 heterocycles. The molecule has 4 heteroatoms. The van der Waals surface area contributed by atoms with Crippen molar-refractivity contribution in [2.24, 2.45) is 0 Å². The first-order valence-corrected chi connectivity index (χ1v) is 6.51. The van der Waals surface area contributed by atoms with Crippen LogP contribution in [0.4, 0.5) is 4.79 Å². The van der Waals surface area contributed by atoms with Crippen molar-refractivity contribution in [1.82, 2.24) is 4.90 Å². The van der Waals surface area contributed by atoms with Gasteiger partial charge in [0.25, 0.3) is 0 Å². The molecular weight excluding hydrogens is 242 g/mol. The van der Waals surface area contributed by atoms with Gasteiger partial charge >= 0.3 is 6.09 Å². The third-order valence-corrected chi connectivity index (χ3v) is 3.17. The Morgan fingerprint density at radius 2 is 2.21 bits per heavy atom. The van der Waals surface area contributed by atoms with Gasteiger partial charge in [0.05, 0.1) is 11.8 Å². The number of amides is 1. The lowest BCUT2D eigenvalue weighted by Gasteiger charge is -2.21. The van der Waals surface area contributed by atoms with Gasteiger partial charge < -0.3 is 14.7 Å². The average Bonchev–Trinajstić information content (AvgIpc) is 2.84. The van der Waals surface area contributed by atoms with E-state index in [0.29, 0.717) is 6.54 Å². The van der Waals surface area contributed by atoms with Crippen LogP contribution in [0, 0.1) is 0 Å². The third-order valence-electron chi connectivity index (χ3n) is 3.17. The van der Waals surface area contributed by atoms with Gasteiger partial charge in [0.15, 0.2) is 0 Å². The van der Waals surface area contributed by atoms with E-state index >= 15 is 0 Å². The monoisotopic (exact) mass is 261 g/mol. The summed E-state index contributed by atoms with van der Waals surface area (Å²) in [6.07, 6.45) is 3.20. The molecule has 1 saturated heterocycles. The molecule has 0 spiro atoms. The fourth-order valence-corrected chi connectivity index (χ4v) is 2.27. The predicted molar refractivity (Wildman–Crippen MR) is 72.7 cm³/mol. The van der Waals surface area contributed by atoms with Gasteiger partial charge in [-0.05, 0) is 31.4 Å². The quantitative estimate of drug-likeness (QED) is 0.850. The van der Waals surface area contributed by atoms with Crippen molar-refractivity contribution >= 4 is 6.09 Å². The van der Waals surface area contributed by atoms with Crippen LogP contribution in [0.25, 0.3) is 0 Å². The van der Waals surface area contributed by atoms with Gasteiger partial charge in [-0.3, -0.25) is 0 Å². The van der Waals surface area contributed by atoms with Crippen molar-refractivity contribution in [1.29, 1.82) is 0 Å². The van der Waals surface area contributed by atoms with Crippen LogP contribution in [0.5, 0.6) is 0 Å². The number of benzene rings is 1. The van der Waals surface area contributed by atoms with Gasteiger partial charge in [-0.25, -0.2) is 4.79 Å². The number of carbonyl (C=O) groups is 1. The van der Waals surface area contributed by atoms with Crippen LogP contribution >= 0.6 is 0 Å². The molecule has 1 amide bonds. The smallest absolute Gasteiger partial charge is 0.410 e. The number of aliphatic hydroxyl groups excluding tert-OH is 1. The second-order valence-electron chi connectivity index (χ2n) is 4.75. The molecule has 0 aromatic heterocycles. The van der Waals surface area contributed by atoms with Crippen molar-refractivity contribution < 1.29 is 14.6 Å². The standard InChI is InChI=1S/C15H19NO3/c1-12(17)10-14-8-5-9-16(14)15(18)19-11-13-6-3-2-4-7-13/h2-4,6-7,10,14,17H,5,8-9,11H2,1H3/b12-10+/t14-/m1/s1. The van der Waals surface area contributed by atoms with Gasteiger partial charge in [-0.15, -0.1) is 0 Å². The van der Waals surface area contributed by atoms with E-state index in [9.17, 15) is 9.90 Å². The first-order valence-electron chi connectivity index (χ1n) is 6.51. The molecule has 1 aromatic carbocycles. The summed E-state index contributed by atoms with van der Waals surface area (Å²) >= 11 is 0. The minimum Gasteiger partial charge on any atom is -0.513 e. The van der Waals surface area contributed by atoms with Crippen molar-refractivity contribution in [3.05, 3.63) is 47.7 Å².